The molecule has 0 saturated carbocycles. The van der Waals surface area contributed by atoms with Crippen LogP contribution in [0.15, 0.2) is 53.4 Å². The van der Waals surface area contributed by atoms with Gasteiger partial charge in [0.1, 0.15) is 0 Å². The summed E-state index contributed by atoms with van der Waals surface area (Å²) in [4.78, 5) is 14.2. The highest BCUT2D eigenvalue weighted by Gasteiger charge is 2.18. The number of anilines is 1. The van der Waals surface area contributed by atoms with Crippen molar-refractivity contribution in [3.8, 4) is 0 Å². The van der Waals surface area contributed by atoms with Crippen LogP contribution in [0.25, 0.3) is 0 Å². The van der Waals surface area contributed by atoms with Gasteiger partial charge in [-0.1, -0.05) is 31.5 Å². The summed E-state index contributed by atoms with van der Waals surface area (Å²) in [5, 5.41) is 0. The van der Waals surface area contributed by atoms with Crippen molar-refractivity contribution in [3.63, 3.8) is 0 Å². The average Bonchev–Trinajstić information content (AvgIpc) is 2.68. The maximum atomic E-state index is 12.7. The van der Waals surface area contributed by atoms with Crippen LogP contribution >= 0.6 is 0 Å². The largest absolute Gasteiger partial charge is 0.339 e. The van der Waals surface area contributed by atoms with Gasteiger partial charge in [0, 0.05) is 24.3 Å². The maximum absolute atomic E-state index is 12.7. The number of benzene rings is 2. The summed E-state index contributed by atoms with van der Waals surface area (Å²) >= 11 is 0. The molecule has 0 aliphatic heterocycles. The van der Waals surface area contributed by atoms with Gasteiger partial charge in [0.15, 0.2) is 0 Å². The van der Waals surface area contributed by atoms with E-state index in [1.807, 2.05) is 26.0 Å². The lowest BCUT2D eigenvalue weighted by molar-refractivity contribution is 0.0772. The minimum absolute atomic E-state index is 0.0792. The first-order valence-electron chi connectivity index (χ1n) is 9.42. The van der Waals surface area contributed by atoms with Gasteiger partial charge in [-0.3, -0.25) is 9.52 Å². The molecule has 2 aromatic carbocycles. The molecule has 0 bridgehead atoms. The van der Waals surface area contributed by atoms with Gasteiger partial charge in [0.2, 0.25) is 0 Å². The van der Waals surface area contributed by atoms with Crippen molar-refractivity contribution in [3.05, 3.63) is 59.7 Å². The topological polar surface area (TPSA) is 66.5 Å². The van der Waals surface area contributed by atoms with Gasteiger partial charge in [-0.15, -0.1) is 0 Å². The molecule has 146 valence electrons. The molecule has 5 nitrogen and oxygen atoms in total. The monoisotopic (exact) mass is 388 g/mol. The minimum atomic E-state index is -3.76. The lowest BCUT2D eigenvalue weighted by Crippen LogP contribution is -2.30. The summed E-state index contributed by atoms with van der Waals surface area (Å²) in [5.74, 6) is -0.169. The molecule has 2 aromatic rings. The Morgan fingerprint density at radius 2 is 1.67 bits per heavy atom. The Hall–Kier alpha value is -2.34. The zero-order valence-electron chi connectivity index (χ0n) is 16.2. The highest BCUT2D eigenvalue weighted by Crippen LogP contribution is 2.19. The number of sulfonamides is 1. The van der Waals surface area contributed by atoms with Crippen LogP contribution < -0.4 is 4.72 Å². The number of rotatable bonds is 9. The summed E-state index contributed by atoms with van der Waals surface area (Å²) in [6, 6.07) is 13.6. The van der Waals surface area contributed by atoms with Crippen molar-refractivity contribution in [2.45, 2.75) is 44.9 Å². The summed E-state index contributed by atoms with van der Waals surface area (Å²) in [7, 11) is -3.76. The second-order valence-corrected chi connectivity index (χ2v) is 8.09. The van der Waals surface area contributed by atoms with E-state index in [1.165, 1.54) is 17.7 Å². The van der Waals surface area contributed by atoms with Gasteiger partial charge in [-0.2, -0.15) is 0 Å². The Kier molecular flexibility index (Phi) is 7.42. The lowest BCUT2D eigenvalue weighted by atomic mass is 10.1. The van der Waals surface area contributed by atoms with Crippen LogP contribution in [0.1, 0.15) is 49.5 Å². The fourth-order valence-corrected chi connectivity index (χ4v) is 3.93. The first-order chi connectivity index (χ1) is 12.9. The first-order valence-corrected chi connectivity index (χ1v) is 10.9. The van der Waals surface area contributed by atoms with E-state index < -0.39 is 10.0 Å². The number of hydrogen-bond donors (Lipinski definition) is 1. The predicted molar refractivity (Wildman–Crippen MR) is 110 cm³/mol. The number of carbonyl (C=O) groups excluding carboxylic acids is 1. The molecule has 0 aliphatic rings. The summed E-state index contributed by atoms with van der Waals surface area (Å²) < 4.78 is 28.0. The first kappa shape index (κ1) is 21.0. The molecule has 0 spiro atoms. The van der Waals surface area contributed by atoms with Crippen LogP contribution in [-0.4, -0.2) is 32.3 Å². The van der Waals surface area contributed by atoms with Crippen molar-refractivity contribution < 1.29 is 13.2 Å². The smallest absolute Gasteiger partial charge is 0.261 e. The highest BCUT2D eigenvalue weighted by molar-refractivity contribution is 7.92. The van der Waals surface area contributed by atoms with Crippen molar-refractivity contribution >= 4 is 21.6 Å². The second kappa shape index (κ2) is 9.55. The van der Waals surface area contributed by atoms with Crippen molar-refractivity contribution in [2.75, 3.05) is 17.8 Å². The standard InChI is InChI=1S/C21H28N2O3S/c1-4-7-9-17-12-14-19(15-13-17)22-27(25,26)20-11-8-10-18(16-20)21(24)23(5-2)6-3/h8,10-16,22H,4-7,9H2,1-3H3. The third-order valence-electron chi connectivity index (χ3n) is 4.47. The van der Waals surface area contributed by atoms with Crippen LogP contribution in [0.2, 0.25) is 0 Å². The Morgan fingerprint density at radius 1 is 1.00 bits per heavy atom. The quantitative estimate of drug-likeness (QED) is 0.696. The zero-order valence-corrected chi connectivity index (χ0v) is 17.1. The van der Waals surface area contributed by atoms with E-state index in [-0.39, 0.29) is 10.8 Å². The number of aryl methyl sites for hydroxylation is 1. The van der Waals surface area contributed by atoms with Crippen LogP contribution in [0.5, 0.6) is 0 Å². The molecule has 0 aliphatic carbocycles. The fraction of sp³-hybridized carbons (Fsp3) is 0.381. The molecule has 0 radical (unpaired) electrons. The van der Waals surface area contributed by atoms with Crippen LogP contribution in [0.4, 0.5) is 5.69 Å². The Bertz CT molecular complexity index is 857. The van der Waals surface area contributed by atoms with Crippen molar-refractivity contribution in [1.29, 1.82) is 0 Å². The summed E-state index contributed by atoms with van der Waals surface area (Å²) in [6.07, 6.45) is 3.22. The molecule has 1 N–H and O–H groups in total. The van der Waals surface area contributed by atoms with E-state index in [4.69, 9.17) is 0 Å². The molecule has 0 saturated heterocycles. The number of amides is 1. The molecule has 0 fully saturated rings. The third-order valence-corrected chi connectivity index (χ3v) is 5.85. The Balaban J connectivity index is 2.19. The van der Waals surface area contributed by atoms with E-state index in [9.17, 15) is 13.2 Å². The van der Waals surface area contributed by atoms with Gasteiger partial charge in [0.25, 0.3) is 15.9 Å². The third kappa shape index (κ3) is 5.57. The molecule has 1 amide bonds. The molecule has 27 heavy (non-hydrogen) atoms. The Labute approximate surface area is 162 Å². The molecule has 0 atom stereocenters. The summed E-state index contributed by atoms with van der Waals surface area (Å²) in [6.45, 7) is 7.09. The second-order valence-electron chi connectivity index (χ2n) is 6.41. The van der Waals surface area contributed by atoms with Crippen molar-refractivity contribution in [1.82, 2.24) is 4.90 Å². The highest BCUT2D eigenvalue weighted by atomic mass is 32.2. The zero-order chi connectivity index (χ0) is 19.9. The molecule has 0 unspecified atom stereocenters. The van der Waals surface area contributed by atoms with Crippen molar-refractivity contribution in [2.24, 2.45) is 0 Å². The molecular formula is C21H28N2O3S. The molecular weight excluding hydrogens is 360 g/mol. The predicted octanol–water partition coefficient (Wildman–Crippen LogP) is 4.31. The van der Waals surface area contributed by atoms with Gasteiger partial charge in [-0.25, -0.2) is 8.42 Å². The molecule has 2 rings (SSSR count). The number of nitrogens with one attached hydrogen (secondary N) is 1. The summed E-state index contributed by atoms with van der Waals surface area (Å²) in [5.41, 5.74) is 2.07. The number of unbranched alkanes of at least 4 members (excludes halogenated alkanes) is 1. The van der Waals surface area contributed by atoms with E-state index in [0.29, 0.717) is 24.3 Å². The number of hydrogen-bond acceptors (Lipinski definition) is 3. The maximum Gasteiger partial charge on any atom is 0.261 e. The molecule has 6 heteroatoms. The molecule has 0 heterocycles. The fourth-order valence-electron chi connectivity index (χ4n) is 2.82. The van der Waals surface area contributed by atoms with Crippen LogP contribution in [-0.2, 0) is 16.4 Å². The van der Waals surface area contributed by atoms with Gasteiger partial charge in [-0.05, 0) is 62.6 Å². The number of carbonyl (C=O) groups is 1. The van der Waals surface area contributed by atoms with Gasteiger partial charge < -0.3 is 4.90 Å². The van der Waals surface area contributed by atoms with Gasteiger partial charge in [0.05, 0.1) is 4.90 Å². The number of nitrogens with zero attached hydrogens (tertiary/aromatic N) is 1. The minimum Gasteiger partial charge on any atom is -0.339 e. The van der Waals surface area contributed by atoms with E-state index in [1.54, 1.807) is 29.2 Å². The van der Waals surface area contributed by atoms with E-state index in [2.05, 4.69) is 11.6 Å². The van der Waals surface area contributed by atoms with E-state index >= 15 is 0 Å². The Morgan fingerprint density at radius 3 is 2.26 bits per heavy atom. The van der Waals surface area contributed by atoms with E-state index in [0.717, 1.165) is 19.3 Å². The normalized spacial score (nSPS) is 11.2. The lowest BCUT2D eigenvalue weighted by Gasteiger charge is -2.19. The molecule has 0 aromatic heterocycles. The van der Waals surface area contributed by atoms with Crippen LogP contribution in [0.3, 0.4) is 0 Å². The van der Waals surface area contributed by atoms with Gasteiger partial charge >= 0.3 is 0 Å². The SMILES string of the molecule is CCCCc1ccc(NS(=O)(=O)c2cccc(C(=O)N(CC)CC)c2)cc1. The van der Waals surface area contributed by atoms with Crippen LogP contribution in [0, 0.1) is 0 Å². The average molecular weight is 389 g/mol.